The maximum absolute atomic E-state index is 13.6. The molecule has 1 aromatic heterocycles. The number of hydrogen-bond acceptors (Lipinski definition) is 2. The van der Waals surface area contributed by atoms with E-state index in [1.54, 1.807) is 24.3 Å². The van der Waals surface area contributed by atoms with Gasteiger partial charge in [-0.15, -0.1) is 0 Å². The molecule has 1 aliphatic rings. The summed E-state index contributed by atoms with van der Waals surface area (Å²) in [6, 6.07) is 6.51. The lowest BCUT2D eigenvalue weighted by molar-refractivity contribution is -0.108. The Hall–Kier alpha value is -1.98. The van der Waals surface area contributed by atoms with Gasteiger partial charge in [0.1, 0.15) is 18.6 Å². The number of benzene rings is 1. The van der Waals surface area contributed by atoms with Gasteiger partial charge in [-0.1, -0.05) is 12.1 Å². The number of hydrogen-bond donors (Lipinski definition) is 0. The number of carbonyl (C=O) groups is 1. The first-order chi connectivity index (χ1) is 10.1. The van der Waals surface area contributed by atoms with Crippen LogP contribution >= 0.6 is 0 Å². The summed E-state index contributed by atoms with van der Waals surface area (Å²) in [5.74, 6) is 0. The molecular formula is C15H16F2N2O2. The van der Waals surface area contributed by atoms with Gasteiger partial charge in [-0.25, -0.2) is 13.6 Å². The zero-order chi connectivity index (χ0) is 15.0. The Morgan fingerprint density at radius 3 is 2.33 bits per heavy atom. The molecule has 6 heteroatoms. The van der Waals surface area contributed by atoms with Gasteiger partial charge < -0.3 is 4.79 Å². The number of aldehydes is 1. The number of rotatable bonds is 3. The van der Waals surface area contributed by atoms with Gasteiger partial charge in [0.25, 0.3) is 0 Å². The average Bonchev–Trinajstić information content (AvgIpc) is 2.71. The van der Waals surface area contributed by atoms with Gasteiger partial charge in [-0.3, -0.25) is 9.13 Å². The number of carbonyl (C=O) groups excluding carboxylic acids is 1. The summed E-state index contributed by atoms with van der Waals surface area (Å²) >= 11 is 0. The Kier molecular flexibility index (Phi) is 3.61. The SMILES string of the molecule is O=CCn1c(=O)n(C2CC(F)CC(F)C2)c2ccccc21. The second kappa shape index (κ2) is 5.42. The number of alkyl halides is 2. The van der Waals surface area contributed by atoms with Crippen LogP contribution in [-0.4, -0.2) is 27.8 Å². The van der Waals surface area contributed by atoms with E-state index < -0.39 is 18.4 Å². The minimum atomic E-state index is -1.24. The van der Waals surface area contributed by atoms with Crippen molar-refractivity contribution >= 4 is 17.3 Å². The molecule has 0 spiro atoms. The highest BCUT2D eigenvalue weighted by atomic mass is 19.1. The maximum Gasteiger partial charge on any atom is 0.329 e. The maximum atomic E-state index is 13.6. The van der Waals surface area contributed by atoms with Gasteiger partial charge in [-0.2, -0.15) is 0 Å². The molecule has 0 N–H and O–H groups in total. The topological polar surface area (TPSA) is 44.0 Å². The van der Waals surface area contributed by atoms with E-state index in [0.29, 0.717) is 17.3 Å². The predicted octanol–water partition coefficient (Wildman–Crippen LogP) is 2.40. The van der Waals surface area contributed by atoms with Crippen molar-refractivity contribution in [2.45, 2.75) is 44.2 Å². The summed E-state index contributed by atoms with van der Waals surface area (Å²) in [6.07, 6.45) is -1.66. The number of nitrogens with zero attached hydrogens (tertiary/aromatic N) is 2. The molecule has 0 saturated heterocycles. The van der Waals surface area contributed by atoms with Crippen molar-refractivity contribution in [2.75, 3.05) is 0 Å². The summed E-state index contributed by atoms with van der Waals surface area (Å²) in [5.41, 5.74) is 0.858. The molecule has 0 bridgehead atoms. The molecule has 3 rings (SSSR count). The van der Waals surface area contributed by atoms with Crippen LogP contribution in [0.4, 0.5) is 8.78 Å². The Labute approximate surface area is 120 Å². The summed E-state index contributed by atoms with van der Waals surface area (Å²) in [6.45, 7) is -0.0584. The van der Waals surface area contributed by atoms with E-state index in [2.05, 4.69) is 0 Å². The molecule has 112 valence electrons. The number of para-hydroxylation sites is 2. The number of aromatic nitrogens is 2. The number of imidazole rings is 1. The normalized spacial score (nSPS) is 26.1. The van der Waals surface area contributed by atoms with Gasteiger partial charge in [0, 0.05) is 12.5 Å². The van der Waals surface area contributed by atoms with Crippen LogP contribution in [-0.2, 0) is 11.3 Å². The molecule has 0 aliphatic heterocycles. The van der Waals surface area contributed by atoms with Crippen LogP contribution in [0.3, 0.4) is 0 Å². The third-order valence-corrected chi connectivity index (χ3v) is 4.06. The smallest absolute Gasteiger partial charge is 0.301 e. The molecule has 2 atom stereocenters. The lowest BCUT2D eigenvalue weighted by Gasteiger charge is -2.28. The van der Waals surface area contributed by atoms with Crippen molar-refractivity contribution in [3.8, 4) is 0 Å². The van der Waals surface area contributed by atoms with Gasteiger partial charge in [0.05, 0.1) is 17.6 Å². The van der Waals surface area contributed by atoms with E-state index in [1.165, 1.54) is 9.13 Å². The van der Waals surface area contributed by atoms with Crippen molar-refractivity contribution in [3.05, 3.63) is 34.7 Å². The van der Waals surface area contributed by atoms with Crippen LogP contribution in [0.1, 0.15) is 25.3 Å². The molecule has 0 radical (unpaired) electrons. The van der Waals surface area contributed by atoms with Crippen LogP contribution in [0.2, 0.25) is 0 Å². The van der Waals surface area contributed by atoms with Crippen LogP contribution < -0.4 is 5.69 Å². The molecule has 2 unspecified atom stereocenters. The molecule has 1 heterocycles. The molecule has 1 fully saturated rings. The standard InChI is InChI=1S/C15H16F2N2O2/c16-10-7-11(17)9-12(8-10)19-14-4-2-1-3-13(14)18(5-6-20)15(19)21/h1-4,6,10-12H,5,7-9H2. The largest absolute Gasteiger partial charge is 0.329 e. The highest BCUT2D eigenvalue weighted by Gasteiger charge is 2.32. The third-order valence-electron chi connectivity index (χ3n) is 4.06. The monoisotopic (exact) mass is 294 g/mol. The van der Waals surface area contributed by atoms with E-state index in [0.717, 1.165) is 0 Å². The fourth-order valence-electron chi connectivity index (χ4n) is 3.20. The quantitative estimate of drug-likeness (QED) is 0.816. The predicted molar refractivity (Wildman–Crippen MR) is 74.9 cm³/mol. The second-order valence-corrected chi connectivity index (χ2v) is 5.47. The summed E-state index contributed by atoms with van der Waals surface area (Å²) in [5, 5.41) is 0. The third kappa shape index (κ3) is 2.39. The van der Waals surface area contributed by atoms with Crippen molar-refractivity contribution < 1.29 is 13.6 Å². The lowest BCUT2D eigenvalue weighted by Crippen LogP contribution is -2.34. The average molecular weight is 294 g/mol. The van der Waals surface area contributed by atoms with Crippen molar-refractivity contribution in [1.29, 1.82) is 0 Å². The molecule has 1 aromatic carbocycles. The first-order valence-electron chi connectivity index (χ1n) is 7.03. The van der Waals surface area contributed by atoms with E-state index in [4.69, 9.17) is 0 Å². The molecule has 1 saturated carbocycles. The first-order valence-corrected chi connectivity index (χ1v) is 7.03. The van der Waals surface area contributed by atoms with Gasteiger partial charge >= 0.3 is 5.69 Å². The van der Waals surface area contributed by atoms with E-state index >= 15 is 0 Å². The minimum Gasteiger partial charge on any atom is -0.301 e. The molecule has 2 aromatic rings. The van der Waals surface area contributed by atoms with Gasteiger partial charge in [0.15, 0.2) is 0 Å². The highest BCUT2D eigenvalue weighted by molar-refractivity contribution is 5.77. The van der Waals surface area contributed by atoms with E-state index in [9.17, 15) is 18.4 Å². The summed E-state index contributed by atoms with van der Waals surface area (Å²) in [4.78, 5) is 23.3. The van der Waals surface area contributed by atoms with Gasteiger partial charge in [0.2, 0.25) is 0 Å². The van der Waals surface area contributed by atoms with E-state index in [-0.39, 0.29) is 31.5 Å². The number of fused-ring (bicyclic) bond motifs is 1. The number of halogens is 2. The molecule has 0 amide bonds. The zero-order valence-electron chi connectivity index (χ0n) is 11.4. The van der Waals surface area contributed by atoms with Crippen molar-refractivity contribution in [3.63, 3.8) is 0 Å². The Bertz CT molecular complexity index is 712. The lowest BCUT2D eigenvalue weighted by atomic mass is 9.92. The zero-order valence-corrected chi connectivity index (χ0v) is 11.4. The Balaban J connectivity index is 2.16. The second-order valence-electron chi connectivity index (χ2n) is 5.47. The van der Waals surface area contributed by atoms with Crippen molar-refractivity contribution in [2.24, 2.45) is 0 Å². The van der Waals surface area contributed by atoms with Crippen LogP contribution in [0, 0.1) is 0 Å². The molecule has 1 aliphatic carbocycles. The van der Waals surface area contributed by atoms with Crippen LogP contribution in [0.5, 0.6) is 0 Å². The summed E-state index contributed by atoms with van der Waals surface area (Å²) in [7, 11) is 0. The summed E-state index contributed by atoms with van der Waals surface area (Å²) < 4.78 is 30.1. The molecule has 21 heavy (non-hydrogen) atoms. The fourth-order valence-corrected chi connectivity index (χ4v) is 3.20. The highest BCUT2D eigenvalue weighted by Crippen LogP contribution is 2.33. The van der Waals surface area contributed by atoms with Gasteiger partial charge in [-0.05, 0) is 25.0 Å². The van der Waals surface area contributed by atoms with Crippen LogP contribution in [0.15, 0.2) is 29.1 Å². The Morgan fingerprint density at radius 1 is 1.10 bits per heavy atom. The fraction of sp³-hybridized carbons (Fsp3) is 0.467. The van der Waals surface area contributed by atoms with Crippen molar-refractivity contribution in [1.82, 2.24) is 9.13 Å². The molecular weight excluding hydrogens is 278 g/mol. The minimum absolute atomic E-state index is 0.0584. The molecule has 4 nitrogen and oxygen atoms in total. The van der Waals surface area contributed by atoms with E-state index in [1.807, 2.05) is 0 Å². The van der Waals surface area contributed by atoms with Crippen LogP contribution in [0.25, 0.3) is 11.0 Å². The first kappa shape index (κ1) is 14.0. The Morgan fingerprint density at radius 2 is 1.71 bits per heavy atom.